The average molecular weight is 432 g/mol. The van der Waals surface area contributed by atoms with Crippen LogP contribution in [0, 0.1) is 0 Å². The number of amides is 1. The van der Waals surface area contributed by atoms with Crippen LogP contribution in [0.25, 0.3) is 5.69 Å². The standard InChI is InChI=1S/C20H22ClN5O2S/c21-15-5-6-19(26-14-22-13-23-26)18(9-15)24-20(27)12-25(10-16-3-1-7-28-16)11-17-4-2-8-29-17/h2,4-6,8-9,13-14,16H,1,3,7,10-12H2,(H,24,27)/t16-/m1/s1. The smallest absolute Gasteiger partial charge is 0.238 e. The number of anilines is 1. The van der Waals surface area contributed by atoms with Gasteiger partial charge in [0.25, 0.3) is 0 Å². The first-order chi connectivity index (χ1) is 14.2. The summed E-state index contributed by atoms with van der Waals surface area (Å²) in [6.45, 7) is 2.52. The lowest BCUT2D eigenvalue weighted by Gasteiger charge is -2.24. The van der Waals surface area contributed by atoms with E-state index in [1.807, 2.05) is 12.1 Å². The van der Waals surface area contributed by atoms with Gasteiger partial charge < -0.3 is 10.1 Å². The van der Waals surface area contributed by atoms with Crippen molar-refractivity contribution in [3.8, 4) is 5.69 Å². The van der Waals surface area contributed by atoms with Gasteiger partial charge in [-0.2, -0.15) is 5.10 Å². The van der Waals surface area contributed by atoms with Crippen LogP contribution in [-0.4, -0.2) is 51.4 Å². The summed E-state index contributed by atoms with van der Waals surface area (Å²) < 4.78 is 7.38. The Bertz CT molecular complexity index is 927. The molecule has 152 valence electrons. The number of nitrogens with zero attached hydrogens (tertiary/aromatic N) is 4. The van der Waals surface area contributed by atoms with Crippen LogP contribution < -0.4 is 5.32 Å². The Kier molecular flexibility index (Phi) is 6.56. The zero-order chi connectivity index (χ0) is 20.1. The maximum absolute atomic E-state index is 12.9. The third kappa shape index (κ3) is 5.42. The fraction of sp³-hybridized carbons (Fsp3) is 0.350. The first-order valence-corrected chi connectivity index (χ1v) is 10.7. The number of halogens is 1. The van der Waals surface area contributed by atoms with Gasteiger partial charge in [0, 0.05) is 29.6 Å². The predicted molar refractivity (Wildman–Crippen MR) is 114 cm³/mol. The summed E-state index contributed by atoms with van der Waals surface area (Å²) in [5.41, 5.74) is 1.31. The van der Waals surface area contributed by atoms with Gasteiger partial charge >= 0.3 is 0 Å². The van der Waals surface area contributed by atoms with Gasteiger partial charge in [-0.3, -0.25) is 9.69 Å². The van der Waals surface area contributed by atoms with Gasteiger partial charge in [-0.1, -0.05) is 17.7 Å². The lowest BCUT2D eigenvalue weighted by molar-refractivity contribution is -0.117. The van der Waals surface area contributed by atoms with Crippen LogP contribution in [0.15, 0.2) is 48.4 Å². The van der Waals surface area contributed by atoms with Gasteiger partial charge in [0.2, 0.25) is 5.91 Å². The number of carbonyl (C=O) groups is 1. The molecule has 1 atom stereocenters. The molecule has 1 amide bonds. The molecule has 9 heteroatoms. The Hall–Kier alpha value is -2.26. The molecule has 1 aliphatic rings. The van der Waals surface area contributed by atoms with Crippen LogP contribution in [0.5, 0.6) is 0 Å². The summed E-state index contributed by atoms with van der Waals surface area (Å²) in [5.74, 6) is -0.108. The Labute approximate surface area is 178 Å². The van der Waals surface area contributed by atoms with E-state index in [4.69, 9.17) is 16.3 Å². The molecule has 0 bridgehead atoms. The Morgan fingerprint density at radius 1 is 1.41 bits per heavy atom. The van der Waals surface area contributed by atoms with Gasteiger partial charge in [-0.05, 0) is 42.5 Å². The van der Waals surface area contributed by atoms with E-state index in [9.17, 15) is 4.79 Å². The molecule has 1 saturated heterocycles. The monoisotopic (exact) mass is 431 g/mol. The summed E-state index contributed by atoms with van der Waals surface area (Å²) in [5, 5.41) is 9.72. The highest BCUT2D eigenvalue weighted by Crippen LogP contribution is 2.24. The van der Waals surface area contributed by atoms with Crippen LogP contribution in [0.1, 0.15) is 17.7 Å². The molecule has 3 aromatic rings. The van der Waals surface area contributed by atoms with Crippen molar-refractivity contribution in [2.75, 3.05) is 25.0 Å². The van der Waals surface area contributed by atoms with Crippen molar-refractivity contribution in [2.45, 2.75) is 25.5 Å². The number of hydrogen-bond donors (Lipinski definition) is 1. The van der Waals surface area contributed by atoms with E-state index >= 15 is 0 Å². The topological polar surface area (TPSA) is 72.3 Å². The SMILES string of the molecule is O=C(CN(Cc1cccs1)C[C@H]1CCCO1)Nc1cc(Cl)ccc1-n1cncn1. The van der Waals surface area contributed by atoms with E-state index in [0.717, 1.165) is 32.5 Å². The summed E-state index contributed by atoms with van der Waals surface area (Å²) in [4.78, 5) is 20.2. The maximum atomic E-state index is 12.9. The summed E-state index contributed by atoms with van der Waals surface area (Å²) >= 11 is 7.85. The average Bonchev–Trinajstić information content (AvgIpc) is 3.45. The van der Waals surface area contributed by atoms with E-state index in [1.165, 1.54) is 11.2 Å². The van der Waals surface area contributed by atoms with E-state index < -0.39 is 0 Å². The zero-order valence-electron chi connectivity index (χ0n) is 15.8. The molecular formula is C20H22ClN5O2S. The van der Waals surface area contributed by atoms with Gasteiger partial charge in [0.1, 0.15) is 12.7 Å². The van der Waals surface area contributed by atoms with Crippen molar-refractivity contribution >= 4 is 34.5 Å². The third-order valence-corrected chi connectivity index (χ3v) is 5.81. The second-order valence-corrected chi connectivity index (χ2v) is 8.40. The zero-order valence-corrected chi connectivity index (χ0v) is 17.4. The molecule has 1 aliphatic heterocycles. The number of hydrogen-bond acceptors (Lipinski definition) is 6. The van der Waals surface area contributed by atoms with Crippen LogP contribution >= 0.6 is 22.9 Å². The van der Waals surface area contributed by atoms with Gasteiger partial charge in [-0.15, -0.1) is 11.3 Å². The van der Waals surface area contributed by atoms with Crippen molar-refractivity contribution in [1.82, 2.24) is 19.7 Å². The van der Waals surface area contributed by atoms with Crippen LogP contribution in [0.2, 0.25) is 5.02 Å². The highest BCUT2D eigenvalue weighted by atomic mass is 35.5. The third-order valence-electron chi connectivity index (χ3n) is 4.71. The number of carbonyl (C=O) groups excluding carboxylic acids is 1. The van der Waals surface area contributed by atoms with E-state index in [0.29, 0.717) is 16.4 Å². The summed E-state index contributed by atoms with van der Waals surface area (Å²) in [6, 6.07) is 9.41. The van der Waals surface area contributed by atoms with Crippen molar-refractivity contribution < 1.29 is 9.53 Å². The summed E-state index contributed by atoms with van der Waals surface area (Å²) in [6.07, 6.45) is 5.32. The van der Waals surface area contributed by atoms with Crippen LogP contribution in [0.4, 0.5) is 5.69 Å². The number of ether oxygens (including phenoxy) is 1. The van der Waals surface area contributed by atoms with Crippen molar-refractivity contribution in [1.29, 1.82) is 0 Å². The van der Waals surface area contributed by atoms with Gasteiger partial charge in [0.05, 0.1) is 24.0 Å². The molecular weight excluding hydrogens is 410 g/mol. The van der Waals surface area contributed by atoms with Gasteiger partial charge in [-0.25, -0.2) is 9.67 Å². The molecule has 4 rings (SSSR count). The molecule has 1 N–H and O–H groups in total. The largest absolute Gasteiger partial charge is 0.377 e. The van der Waals surface area contributed by atoms with Crippen molar-refractivity contribution in [3.05, 3.63) is 58.3 Å². The highest BCUT2D eigenvalue weighted by Gasteiger charge is 2.22. The van der Waals surface area contributed by atoms with E-state index in [2.05, 4.69) is 31.7 Å². The normalized spacial score (nSPS) is 16.4. The molecule has 2 aromatic heterocycles. The minimum absolute atomic E-state index is 0.108. The first kappa shape index (κ1) is 20.0. The molecule has 0 radical (unpaired) electrons. The minimum atomic E-state index is -0.108. The first-order valence-electron chi connectivity index (χ1n) is 9.48. The molecule has 3 heterocycles. The number of benzene rings is 1. The molecule has 0 aliphatic carbocycles. The summed E-state index contributed by atoms with van der Waals surface area (Å²) in [7, 11) is 0. The van der Waals surface area contributed by atoms with Gasteiger partial charge in [0.15, 0.2) is 0 Å². The molecule has 1 aromatic carbocycles. The highest BCUT2D eigenvalue weighted by molar-refractivity contribution is 7.09. The lowest BCUT2D eigenvalue weighted by atomic mass is 10.2. The fourth-order valence-corrected chi connectivity index (χ4v) is 4.34. The van der Waals surface area contributed by atoms with Crippen molar-refractivity contribution in [3.63, 3.8) is 0 Å². The fourth-order valence-electron chi connectivity index (χ4n) is 3.42. The Morgan fingerprint density at radius 2 is 2.34 bits per heavy atom. The molecule has 29 heavy (non-hydrogen) atoms. The number of rotatable bonds is 8. The van der Waals surface area contributed by atoms with E-state index in [1.54, 1.807) is 34.5 Å². The molecule has 0 spiro atoms. The second kappa shape index (κ2) is 9.49. The number of aromatic nitrogens is 3. The molecule has 7 nitrogen and oxygen atoms in total. The Morgan fingerprint density at radius 3 is 3.07 bits per heavy atom. The Balaban J connectivity index is 1.47. The predicted octanol–water partition coefficient (Wildman–Crippen LogP) is 3.60. The quantitative estimate of drug-likeness (QED) is 0.590. The van der Waals surface area contributed by atoms with Crippen molar-refractivity contribution in [2.24, 2.45) is 0 Å². The second-order valence-electron chi connectivity index (χ2n) is 6.93. The number of nitrogens with one attached hydrogen (secondary N) is 1. The van der Waals surface area contributed by atoms with Crippen LogP contribution in [-0.2, 0) is 16.1 Å². The van der Waals surface area contributed by atoms with E-state index in [-0.39, 0.29) is 18.6 Å². The maximum Gasteiger partial charge on any atom is 0.238 e. The molecule has 0 unspecified atom stereocenters. The van der Waals surface area contributed by atoms with Crippen LogP contribution in [0.3, 0.4) is 0 Å². The molecule has 0 saturated carbocycles. The minimum Gasteiger partial charge on any atom is -0.377 e. The molecule has 1 fully saturated rings. The number of thiophene rings is 1. The lowest BCUT2D eigenvalue weighted by Crippen LogP contribution is -2.37.